The molecule has 3 aromatic rings. The third-order valence-corrected chi connectivity index (χ3v) is 3.46. The van der Waals surface area contributed by atoms with Crippen molar-refractivity contribution in [3.05, 3.63) is 58.7 Å². The second kappa shape index (κ2) is 5.55. The van der Waals surface area contributed by atoms with Crippen molar-refractivity contribution >= 4 is 11.7 Å². The van der Waals surface area contributed by atoms with Crippen molar-refractivity contribution in [1.82, 2.24) is 24.9 Å². The van der Waals surface area contributed by atoms with E-state index in [-0.39, 0.29) is 12.5 Å². The van der Waals surface area contributed by atoms with Gasteiger partial charge in [0.2, 0.25) is 0 Å². The fourth-order valence-corrected chi connectivity index (χ4v) is 2.36. The summed E-state index contributed by atoms with van der Waals surface area (Å²) in [6, 6.07) is 9.41. The maximum absolute atomic E-state index is 12.2. The van der Waals surface area contributed by atoms with Gasteiger partial charge in [0.1, 0.15) is 0 Å². The van der Waals surface area contributed by atoms with E-state index >= 15 is 0 Å². The Morgan fingerprint density at radius 2 is 1.95 bits per heavy atom. The highest BCUT2D eigenvalue weighted by Gasteiger charge is 2.11. The molecule has 0 atom stereocenters. The van der Waals surface area contributed by atoms with Crippen molar-refractivity contribution in [1.29, 1.82) is 0 Å². The molecular weight excluding hydrogens is 278 g/mol. The smallest absolute Gasteiger partial charge is 0.252 e. The van der Waals surface area contributed by atoms with Crippen LogP contribution in [0.15, 0.2) is 30.3 Å². The molecule has 22 heavy (non-hydrogen) atoms. The Morgan fingerprint density at radius 1 is 1.18 bits per heavy atom. The predicted molar refractivity (Wildman–Crippen MR) is 82.6 cm³/mol. The van der Waals surface area contributed by atoms with Crippen LogP contribution in [0.2, 0.25) is 0 Å². The number of hydrogen-bond donors (Lipinski definition) is 1. The third kappa shape index (κ3) is 2.67. The van der Waals surface area contributed by atoms with Crippen LogP contribution in [0.4, 0.5) is 0 Å². The molecule has 0 saturated heterocycles. The first-order chi connectivity index (χ1) is 10.5. The fourth-order valence-electron chi connectivity index (χ4n) is 2.36. The van der Waals surface area contributed by atoms with Gasteiger partial charge in [-0.25, -0.2) is 9.50 Å². The lowest BCUT2D eigenvalue weighted by atomic mass is 10.1. The molecular formula is C16H17N5O. The van der Waals surface area contributed by atoms with Crippen LogP contribution in [0.5, 0.6) is 0 Å². The first kappa shape index (κ1) is 14.2. The molecule has 3 rings (SSSR count). The van der Waals surface area contributed by atoms with Gasteiger partial charge in [0.05, 0.1) is 6.54 Å². The van der Waals surface area contributed by atoms with Crippen molar-refractivity contribution in [2.45, 2.75) is 27.3 Å². The van der Waals surface area contributed by atoms with Gasteiger partial charge in [0.15, 0.2) is 5.82 Å². The summed E-state index contributed by atoms with van der Waals surface area (Å²) in [6.45, 7) is 6.05. The topological polar surface area (TPSA) is 72.2 Å². The standard InChI is InChI=1S/C16H17N5O/c1-10-6-4-5-7-13(10)15(22)17-9-14-19-16-18-11(2)8-12(3)21(16)20-14/h4-8H,9H2,1-3H3,(H,17,22). The molecule has 2 aromatic heterocycles. The molecule has 112 valence electrons. The number of aromatic nitrogens is 4. The molecule has 0 unspecified atom stereocenters. The Bertz CT molecular complexity index is 853. The number of nitrogens with zero attached hydrogens (tertiary/aromatic N) is 4. The van der Waals surface area contributed by atoms with Gasteiger partial charge in [-0.3, -0.25) is 4.79 Å². The monoisotopic (exact) mass is 295 g/mol. The van der Waals surface area contributed by atoms with E-state index in [0.717, 1.165) is 17.0 Å². The van der Waals surface area contributed by atoms with Crippen LogP contribution >= 0.6 is 0 Å². The van der Waals surface area contributed by atoms with Crippen LogP contribution in [0, 0.1) is 20.8 Å². The zero-order valence-electron chi connectivity index (χ0n) is 12.8. The molecule has 0 bridgehead atoms. The number of hydrogen-bond acceptors (Lipinski definition) is 4. The van der Waals surface area contributed by atoms with Crippen LogP contribution in [0.3, 0.4) is 0 Å². The van der Waals surface area contributed by atoms with Crippen molar-refractivity contribution in [3.63, 3.8) is 0 Å². The molecule has 0 aliphatic carbocycles. The van der Waals surface area contributed by atoms with Gasteiger partial charge >= 0.3 is 0 Å². The number of nitrogens with one attached hydrogen (secondary N) is 1. The fraction of sp³-hybridized carbons (Fsp3) is 0.250. The Morgan fingerprint density at radius 3 is 2.73 bits per heavy atom. The van der Waals surface area contributed by atoms with E-state index in [9.17, 15) is 4.79 Å². The molecule has 1 N–H and O–H groups in total. The molecule has 0 spiro atoms. The van der Waals surface area contributed by atoms with Gasteiger partial charge in [-0.1, -0.05) is 18.2 Å². The normalized spacial score (nSPS) is 10.9. The molecule has 2 heterocycles. The zero-order chi connectivity index (χ0) is 15.7. The minimum absolute atomic E-state index is 0.127. The van der Waals surface area contributed by atoms with Gasteiger partial charge in [-0.05, 0) is 38.5 Å². The Balaban J connectivity index is 1.78. The average molecular weight is 295 g/mol. The highest BCUT2D eigenvalue weighted by atomic mass is 16.1. The summed E-state index contributed by atoms with van der Waals surface area (Å²) in [7, 11) is 0. The molecule has 6 nitrogen and oxygen atoms in total. The number of carbonyl (C=O) groups excluding carboxylic acids is 1. The second-order valence-electron chi connectivity index (χ2n) is 5.28. The molecule has 0 aliphatic heterocycles. The first-order valence-electron chi connectivity index (χ1n) is 7.08. The summed E-state index contributed by atoms with van der Waals surface area (Å²) in [5.41, 5.74) is 3.46. The van der Waals surface area contributed by atoms with Gasteiger partial charge in [0, 0.05) is 17.0 Å². The number of amides is 1. The number of fused-ring (bicyclic) bond motifs is 1. The van der Waals surface area contributed by atoms with E-state index in [1.165, 1.54) is 0 Å². The lowest BCUT2D eigenvalue weighted by Crippen LogP contribution is -2.24. The highest BCUT2D eigenvalue weighted by molar-refractivity contribution is 5.95. The molecule has 0 aliphatic rings. The lowest BCUT2D eigenvalue weighted by Gasteiger charge is -2.05. The summed E-state index contributed by atoms with van der Waals surface area (Å²) in [5, 5.41) is 7.22. The molecule has 0 radical (unpaired) electrons. The minimum Gasteiger partial charge on any atom is -0.345 e. The zero-order valence-corrected chi connectivity index (χ0v) is 12.8. The predicted octanol–water partition coefficient (Wildman–Crippen LogP) is 1.98. The number of carbonyl (C=O) groups is 1. The van der Waals surface area contributed by atoms with Gasteiger partial charge < -0.3 is 5.32 Å². The summed E-state index contributed by atoms with van der Waals surface area (Å²) < 4.78 is 1.68. The van der Waals surface area contributed by atoms with E-state index in [4.69, 9.17) is 0 Å². The largest absolute Gasteiger partial charge is 0.345 e. The maximum atomic E-state index is 12.2. The lowest BCUT2D eigenvalue weighted by molar-refractivity contribution is 0.0949. The van der Waals surface area contributed by atoms with Gasteiger partial charge in [-0.2, -0.15) is 4.98 Å². The van der Waals surface area contributed by atoms with Crippen LogP contribution in [0.1, 0.15) is 33.1 Å². The van der Waals surface area contributed by atoms with Gasteiger partial charge in [0.25, 0.3) is 11.7 Å². The maximum Gasteiger partial charge on any atom is 0.252 e. The SMILES string of the molecule is Cc1cc(C)n2nc(CNC(=O)c3ccccc3C)nc2n1. The summed E-state index contributed by atoms with van der Waals surface area (Å²) in [6.07, 6.45) is 0. The highest BCUT2D eigenvalue weighted by Crippen LogP contribution is 2.08. The first-order valence-corrected chi connectivity index (χ1v) is 7.08. The van der Waals surface area contributed by atoms with Crippen LogP contribution < -0.4 is 5.32 Å². The summed E-state index contributed by atoms with van der Waals surface area (Å²) >= 11 is 0. The Hall–Kier alpha value is -2.76. The Kier molecular flexibility index (Phi) is 3.58. The van der Waals surface area contributed by atoms with Crippen molar-refractivity contribution in [2.75, 3.05) is 0 Å². The van der Waals surface area contributed by atoms with E-state index in [1.807, 2.05) is 45.0 Å². The second-order valence-corrected chi connectivity index (χ2v) is 5.28. The Labute approximate surface area is 128 Å². The van der Waals surface area contributed by atoms with E-state index in [1.54, 1.807) is 10.6 Å². The quantitative estimate of drug-likeness (QED) is 0.802. The van der Waals surface area contributed by atoms with Crippen molar-refractivity contribution in [2.24, 2.45) is 0 Å². The van der Waals surface area contributed by atoms with Crippen LogP contribution in [0.25, 0.3) is 5.78 Å². The van der Waals surface area contributed by atoms with Crippen LogP contribution in [-0.2, 0) is 6.54 Å². The van der Waals surface area contributed by atoms with E-state index < -0.39 is 0 Å². The molecule has 0 saturated carbocycles. The van der Waals surface area contributed by atoms with E-state index in [2.05, 4.69) is 20.4 Å². The van der Waals surface area contributed by atoms with Crippen molar-refractivity contribution < 1.29 is 4.79 Å². The number of aryl methyl sites for hydroxylation is 3. The molecule has 1 amide bonds. The van der Waals surface area contributed by atoms with Crippen LogP contribution in [-0.4, -0.2) is 25.5 Å². The third-order valence-electron chi connectivity index (χ3n) is 3.46. The summed E-state index contributed by atoms with van der Waals surface area (Å²) in [5.74, 6) is 0.971. The average Bonchev–Trinajstić information content (AvgIpc) is 2.88. The van der Waals surface area contributed by atoms with Gasteiger partial charge in [-0.15, -0.1) is 5.10 Å². The molecule has 6 heteroatoms. The number of rotatable bonds is 3. The molecule has 1 aromatic carbocycles. The molecule has 0 fully saturated rings. The number of benzene rings is 1. The minimum atomic E-state index is -0.127. The van der Waals surface area contributed by atoms with E-state index in [0.29, 0.717) is 17.2 Å². The summed E-state index contributed by atoms with van der Waals surface area (Å²) in [4.78, 5) is 20.9. The van der Waals surface area contributed by atoms with Crippen molar-refractivity contribution in [3.8, 4) is 0 Å².